The monoisotopic (exact) mass is 944 g/mol. The summed E-state index contributed by atoms with van der Waals surface area (Å²) in [5, 5.41) is 0. The zero-order valence-electron chi connectivity index (χ0n) is 31.8. The lowest BCUT2D eigenvalue weighted by atomic mass is 9.12. The van der Waals surface area contributed by atoms with Crippen molar-refractivity contribution in [2.24, 2.45) is 0 Å². The predicted molar refractivity (Wildman–Crippen MR) is 192 cm³/mol. The molecule has 0 aliphatic heterocycles. The first-order chi connectivity index (χ1) is 29.5. The fourth-order valence-electron chi connectivity index (χ4n) is 6.71. The third-order valence-corrected chi connectivity index (χ3v) is 12.1. The van der Waals surface area contributed by atoms with Crippen LogP contribution in [0.5, 0.6) is 0 Å². The van der Waals surface area contributed by atoms with Crippen LogP contribution >= 0.6 is 0 Å². The minimum Gasteiger partial charge on any atom is -0.289 e. The van der Waals surface area contributed by atoms with Crippen LogP contribution in [0.4, 0.5) is 87.8 Å². The Morgan fingerprint density at radius 2 is 0.603 bits per heavy atom. The van der Waals surface area contributed by atoms with Gasteiger partial charge in [-0.3, -0.25) is 4.79 Å². The maximum Gasteiger partial charge on any atom is 0.211 e. The molecule has 340 valence electrons. The van der Waals surface area contributed by atoms with E-state index in [0.717, 1.165) is 11.3 Å². The van der Waals surface area contributed by atoms with E-state index in [-0.39, 0.29) is 0 Å². The maximum atomic E-state index is 15.4. The van der Waals surface area contributed by atoms with Gasteiger partial charge < -0.3 is 0 Å². The van der Waals surface area contributed by atoms with Crippen molar-refractivity contribution in [3.63, 3.8) is 0 Å². The molecule has 0 spiro atoms. The minimum absolute atomic E-state index is 0.296. The molecule has 0 bridgehead atoms. The molecule has 0 saturated heterocycles. The Balaban J connectivity index is 0.000000405. The Labute approximate surface area is 346 Å². The average Bonchev–Trinajstić information content (AvgIpc) is 3.27. The van der Waals surface area contributed by atoms with Crippen LogP contribution in [0.25, 0.3) is 0 Å². The maximum absolute atomic E-state index is 15.4. The Kier molecular flexibility index (Phi) is 16.1. The normalized spacial score (nSPS) is 11.7. The minimum atomic E-state index is -7.22. The molecule has 0 unspecified atom stereocenters. The van der Waals surface area contributed by atoms with E-state index < -0.39 is 144 Å². The molecule has 5 aromatic carbocycles. The lowest BCUT2D eigenvalue weighted by Gasteiger charge is -2.44. The van der Waals surface area contributed by atoms with Crippen LogP contribution in [0.15, 0.2) is 30.3 Å². The van der Waals surface area contributed by atoms with Crippen LogP contribution in [0.2, 0.25) is 0 Å². The molecule has 0 amide bonds. The van der Waals surface area contributed by atoms with Crippen molar-refractivity contribution in [2.45, 2.75) is 39.5 Å². The molecule has 5 rings (SSSR count). The third-order valence-electron chi connectivity index (χ3n) is 9.71. The second-order valence-corrected chi connectivity index (χ2v) is 15.8. The van der Waals surface area contributed by atoms with E-state index in [2.05, 4.69) is 13.8 Å². The Morgan fingerprint density at radius 1 is 0.381 bits per heavy atom. The van der Waals surface area contributed by atoms with Crippen LogP contribution in [0.3, 0.4) is 0 Å². The number of ketones is 1. The first-order valence-electron chi connectivity index (χ1n) is 17.9. The van der Waals surface area contributed by atoms with Gasteiger partial charge in [0.25, 0.3) is 0 Å². The van der Waals surface area contributed by atoms with E-state index in [1.807, 2.05) is 30.3 Å². The summed E-state index contributed by atoms with van der Waals surface area (Å²) in [6, 6.07) is 9.73. The van der Waals surface area contributed by atoms with Crippen LogP contribution in [-0.4, -0.2) is 29.2 Å². The highest BCUT2D eigenvalue weighted by Crippen LogP contribution is 2.31. The molecular formula is C40H25BF20OS. The van der Waals surface area contributed by atoms with Gasteiger partial charge in [-0.25, -0.2) is 87.8 Å². The van der Waals surface area contributed by atoms with Crippen LogP contribution in [-0.2, 0) is 10.9 Å². The summed E-state index contributed by atoms with van der Waals surface area (Å²) in [5.74, 6) is -67.9. The molecule has 63 heavy (non-hydrogen) atoms. The predicted octanol–water partition coefficient (Wildman–Crippen LogP) is 9.93. The molecule has 5 aromatic rings. The Hall–Kier alpha value is -5.22. The number of benzene rings is 5. The van der Waals surface area contributed by atoms with Gasteiger partial charge in [0.2, 0.25) is 5.78 Å². The molecule has 0 fully saturated rings. The second-order valence-electron chi connectivity index (χ2n) is 13.5. The molecule has 0 N–H and O–H groups in total. The van der Waals surface area contributed by atoms with Crippen molar-refractivity contribution in [2.75, 3.05) is 17.3 Å². The van der Waals surface area contributed by atoms with Crippen molar-refractivity contribution in [3.05, 3.63) is 152 Å². The number of carbonyl (C=O) groups excluding carboxylic acids is 1. The highest BCUT2D eigenvalue weighted by molar-refractivity contribution is 7.97. The highest BCUT2D eigenvalue weighted by atomic mass is 32.2. The molecule has 1 nitrogen and oxygen atoms in total. The van der Waals surface area contributed by atoms with Gasteiger partial charge >= 0.3 is 0 Å². The number of hydrogen-bond donors (Lipinski definition) is 0. The quantitative estimate of drug-likeness (QED) is 0.0287. The van der Waals surface area contributed by atoms with E-state index in [9.17, 15) is 57.5 Å². The third kappa shape index (κ3) is 8.85. The number of carbonyl (C=O) groups is 1. The summed E-state index contributed by atoms with van der Waals surface area (Å²) < 4.78 is 294. The summed E-state index contributed by atoms with van der Waals surface area (Å²) in [7, 11) is 0.296. The highest BCUT2D eigenvalue weighted by Gasteiger charge is 2.52. The van der Waals surface area contributed by atoms with Crippen molar-refractivity contribution < 1.29 is 92.6 Å². The number of hydrogen-bond acceptors (Lipinski definition) is 1. The fraction of sp³-hybridized carbons (Fsp3) is 0.225. The number of Topliss-reactive ketones (excluding diaryl/α,β-unsaturated/α-hetero) is 1. The number of halogens is 20. The Morgan fingerprint density at radius 3 is 0.825 bits per heavy atom. The van der Waals surface area contributed by atoms with Crippen molar-refractivity contribution in [1.29, 1.82) is 0 Å². The molecule has 0 radical (unpaired) electrons. The average molecular weight is 944 g/mol. The van der Waals surface area contributed by atoms with Crippen molar-refractivity contribution in [3.8, 4) is 0 Å². The topological polar surface area (TPSA) is 17.1 Å². The zero-order valence-corrected chi connectivity index (χ0v) is 32.6. The van der Waals surface area contributed by atoms with Crippen LogP contribution in [0.1, 0.15) is 49.9 Å². The van der Waals surface area contributed by atoms with E-state index in [0.29, 0.717) is 16.7 Å². The molecule has 0 saturated carbocycles. The molecule has 0 aromatic heterocycles. The van der Waals surface area contributed by atoms with Gasteiger partial charge in [0.1, 0.15) is 64.2 Å². The second kappa shape index (κ2) is 20.1. The van der Waals surface area contributed by atoms with Gasteiger partial charge in [-0.2, -0.15) is 0 Å². The summed E-state index contributed by atoms with van der Waals surface area (Å²) in [5.41, 5.74) is -13.5. The summed E-state index contributed by atoms with van der Waals surface area (Å²) in [4.78, 5) is 12.2. The summed E-state index contributed by atoms with van der Waals surface area (Å²) in [6.45, 7) is 4.45. The number of unbranched alkanes of at least 4 members (excludes halogenated alkanes) is 2. The number of rotatable bonds is 13. The standard InChI is InChI=1S/C24BF20.C16H25OS/c26-5-1(6(27)14(35)21(42)13(5)34)25(2-7(28)15(36)22(43)16(37)8(2)29,3-9(30)17(38)23(44)18(39)10(3)31)4-11(32)19(40)24(45)20(41)12(4)33;1-3-5-12-18(13-6-4-2)14-16(17)15-10-8-7-9-11-15/h;7-11H,3-6,12-14H2,1-2H3/q-1;+1. The van der Waals surface area contributed by atoms with E-state index in [4.69, 9.17) is 0 Å². The smallest absolute Gasteiger partial charge is 0.211 e. The molecule has 0 aliphatic carbocycles. The molecule has 0 aliphatic rings. The molecular weight excluding hydrogens is 919 g/mol. The largest absolute Gasteiger partial charge is 0.289 e. The lowest BCUT2D eigenvalue weighted by Crippen LogP contribution is -2.81. The van der Waals surface area contributed by atoms with Gasteiger partial charge in [-0.1, -0.05) is 57.0 Å². The first kappa shape index (κ1) is 50.4. The van der Waals surface area contributed by atoms with Gasteiger partial charge in [-0.05, 0) is 23.7 Å². The lowest BCUT2D eigenvalue weighted by molar-refractivity contribution is 0.102. The Bertz CT molecular complexity index is 2160. The zero-order chi connectivity index (χ0) is 47.6. The van der Waals surface area contributed by atoms with Gasteiger partial charge in [0.05, 0.1) is 0 Å². The van der Waals surface area contributed by atoms with Crippen LogP contribution in [0, 0.1) is 116 Å². The van der Waals surface area contributed by atoms with Crippen molar-refractivity contribution >= 4 is 44.7 Å². The van der Waals surface area contributed by atoms with Gasteiger partial charge in [-0.15, -0.1) is 21.9 Å². The van der Waals surface area contributed by atoms with Crippen molar-refractivity contribution in [1.82, 2.24) is 0 Å². The fourth-order valence-corrected chi connectivity index (χ4v) is 9.13. The van der Waals surface area contributed by atoms with Crippen LogP contribution < -0.4 is 21.9 Å². The van der Waals surface area contributed by atoms with Gasteiger partial charge in [0, 0.05) is 5.56 Å². The molecule has 0 atom stereocenters. The van der Waals surface area contributed by atoms with E-state index >= 15 is 35.1 Å². The molecule has 23 heteroatoms. The van der Waals surface area contributed by atoms with E-state index in [1.54, 1.807) is 0 Å². The molecule has 0 heterocycles. The summed E-state index contributed by atoms with van der Waals surface area (Å²) in [6.07, 6.45) is -2.24. The SMILES string of the molecule is CCCC[S+](CCCC)CC(=O)c1ccccc1.Fc1c(F)c(F)c([B-](c2c(F)c(F)c(F)c(F)c2F)(c2c(F)c(F)c(F)c(F)c2F)c2c(F)c(F)c(F)c(F)c2F)c(F)c1F. The summed E-state index contributed by atoms with van der Waals surface area (Å²) >= 11 is 0. The first-order valence-corrected chi connectivity index (χ1v) is 19.7. The van der Waals surface area contributed by atoms with Gasteiger partial charge in [0.15, 0.2) is 75.6 Å². The van der Waals surface area contributed by atoms with E-state index in [1.165, 1.54) is 37.2 Å².